The number of carbonyl (C=O) groups excluding carboxylic acids is 2. The number of hydrogen-bond acceptors (Lipinski definition) is 4. The van der Waals surface area contributed by atoms with Crippen molar-refractivity contribution in [1.29, 1.82) is 0 Å². The number of halogens is 1. The molecule has 1 heterocycles. The van der Waals surface area contributed by atoms with Crippen LogP contribution >= 0.6 is 0 Å². The summed E-state index contributed by atoms with van der Waals surface area (Å²) in [6, 6.07) is 11.6. The van der Waals surface area contributed by atoms with Crippen molar-refractivity contribution in [3.63, 3.8) is 0 Å². The summed E-state index contributed by atoms with van der Waals surface area (Å²) in [5.74, 6) is -1.55. The number of benzene rings is 2. The van der Waals surface area contributed by atoms with Crippen molar-refractivity contribution in [2.24, 2.45) is 5.92 Å². The van der Waals surface area contributed by atoms with Gasteiger partial charge in [-0.1, -0.05) is 24.6 Å². The number of ketones is 1. The fourth-order valence-electron chi connectivity index (χ4n) is 3.80. The van der Waals surface area contributed by atoms with E-state index in [0.717, 1.165) is 19.3 Å². The number of amides is 1. The predicted octanol–water partition coefficient (Wildman–Crippen LogP) is 4.10. The summed E-state index contributed by atoms with van der Waals surface area (Å²) in [5.41, 5.74) is 1.07. The number of nitrogens with zero attached hydrogens (tertiary/aromatic N) is 1. The van der Waals surface area contributed by atoms with E-state index in [-0.39, 0.29) is 17.3 Å². The number of ether oxygens (including phenoxy) is 1. The summed E-state index contributed by atoms with van der Waals surface area (Å²) >= 11 is 0. The number of carbonyl (C=O) groups is 2. The van der Waals surface area contributed by atoms with Crippen molar-refractivity contribution >= 4 is 17.4 Å². The number of aliphatic hydroxyl groups is 1. The molecular formula is C22H20FNO4. The number of methoxy groups -OCH3 is 1. The largest absolute Gasteiger partial charge is 0.503 e. The molecule has 1 atom stereocenters. The molecule has 1 N–H and O–H groups in total. The quantitative estimate of drug-likeness (QED) is 0.847. The fraction of sp³-hybridized carbons (Fsp3) is 0.273. The monoisotopic (exact) mass is 381 g/mol. The van der Waals surface area contributed by atoms with Crippen LogP contribution in [0.1, 0.15) is 30.9 Å². The molecule has 2 aromatic rings. The smallest absolute Gasteiger partial charge is 0.294 e. The van der Waals surface area contributed by atoms with Crippen molar-refractivity contribution < 1.29 is 23.8 Å². The first-order valence-electron chi connectivity index (χ1n) is 9.22. The van der Waals surface area contributed by atoms with Crippen LogP contribution in [0.2, 0.25) is 0 Å². The standard InChI is InChI=1S/C22H20FNO4/c1-28-17-8-3-2-7-16(17)19-18(20(25)13-5-4-6-13)21(26)22(27)24(19)15-11-9-14(23)10-12-15/h2-3,7-13,19,26H,4-6H2,1H3. The first-order valence-corrected chi connectivity index (χ1v) is 9.22. The van der Waals surface area contributed by atoms with Crippen LogP contribution in [-0.2, 0) is 9.59 Å². The van der Waals surface area contributed by atoms with E-state index in [0.29, 0.717) is 17.0 Å². The number of para-hydroxylation sites is 1. The number of Topliss-reactive ketones (excluding diaryl/α,β-unsaturated/α-hetero) is 1. The summed E-state index contributed by atoms with van der Waals surface area (Å²) in [6.07, 6.45) is 2.46. The van der Waals surface area contributed by atoms with Crippen LogP contribution in [0.3, 0.4) is 0 Å². The number of anilines is 1. The van der Waals surface area contributed by atoms with Gasteiger partial charge < -0.3 is 9.84 Å². The second kappa shape index (κ2) is 7.11. The molecule has 144 valence electrons. The lowest BCUT2D eigenvalue weighted by molar-refractivity contribution is -0.122. The lowest BCUT2D eigenvalue weighted by Gasteiger charge is -2.30. The number of aliphatic hydroxyl groups excluding tert-OH is 1. The highest BCUT2D eigenvalue weighted by Gasteiger charge is 2.47. The van der Waals surface area contributed by atoms with E-state index in [9.17, 15) is 19.1 Å². The Balaban J connectivity index is 1.87. The van der Waals surface area contributed by atoms with Gasteiger partial charge in [0.25, 0.3) is 5.91 Å². The zero-order valence-corrected chi connectivity index (χ0v) is 15.4. The highest BCUT2D eigenvalue weighted by Crippen LogP contribution is 2.46. The van der Waals surface area contributed by atoms with E-state index < -0.39 is 23.5 Å². The van der Waals surface area contributed by atoms with Crippen LogP contribution in [0.25, 0.3) is 0 Å². The zero-order valence-electron chi connectivity index (χ0n) is 15.4. The van der Waals surface area contributed by atoms with E-state index in [1.54, 1.807) is 24.3 Å². The van der Waals surface area contributed by atoms with Gasteiger partial charge >= 0.3 is 0 Å². The second-order valence-corrected chi connectivity index (χ2v) is 7.05. The Hall–Kier alpha value is -3.15. The number of rotatable bonds is 5. The van der Waals surface area contributed by atoms with Crippen LogP contribution in [0.4, 0.5) is 10.1 Å². The van der Waals surface area contributed by atoms with Gasteiger partial charge in [-0.25, -0.2) is 4.39 Å². The Bertz CT molecular complexity index is 963. The minimum atomic E-state index is -0.831. The first kappa shape index (κ1) is 18.2. The van der Waals surface area contributed by atoms with Crippen LogP contribution < -0.4 is 9.64 Å². The SMILES string of the molecule is COc1ccccc1C1C(C(=O)C2CCC2)=C(O)C(=O)N1c1ccc(F)cc1. The molecule has 1 amide bonds. The van der Waals surface area contributed by atoms with E-state index in [1.807, 2.05) is 0 Å². The van der Waals surface area contributed by atoms with E-state index in [2.05, 4.69) is 0 Å². The van der Waals surface area contributed by atoms with Crippen molar-refractivity contribution in [1.82, 2.24) is 0 Å². The van der Waals surface area contributed by atoms with Gasteiger partial charge in [0.15, 0.2) is 11.5 Å². The van der Waals surface area contributed by atoms with Gasteiger partial charge in [0, 0.05) is 17.2 Å². The molecule has 1 saturated carbocycles. The molecule has 2 aliphatic rings. The van der Waals surface area contributed by atoms with Crippen molar-refractivity contribution in [2.45, 2.75) is 25.3 Å². The summed E-state index contributed by atoms with van der Waals surface area (Å²) in [6.45, 7) is 0. The van der Waals surface area contributed by atoms with Gasteiger partial charge in [-0.05, 0) is 43.2 Å². The van der Waals surface area contributed by atoms with Gasteiger partial charge in [0.1, 0.15) is 11.6 Å². The molecule has 2 aromatic carbocycles. The highest BCUT2D eigenvalue weighted by atomic mass is 19.1. The van der Waals surface area contributed by atoms with Gasteiger partial charge in [-0.3, -0.25) is 14.5 Å². The molecule has 5 nitrogen and oxygen atoms in total. The summed E-state index contributed by atoms with van der Waals surface area (Å²) < 4.78 is 18.9. The molecule has 1 aliphatic carbocycles. The van der Waals surface area contributed by atoms with Crippen LogP contribution in [0.15, 0.2) is 59.9 Å². The topological polar surface area (TPSA) is 66.8 Å². The predicted molar refractivity (Wildman–Crippen MR) is 102 cm³/mol. The van der Waals surface area contributed by atoms with Crippen molar-refractivity contribution in [3.8, 4) is 5.75 Å². The Morgan fingerprint density at radius 1 is 1.14 bits per heavy atom. The number of hydrogen-bond donors (Lipinski definition) is 1. The van der Waals surface area contributed by atoms with Crippen LogP contribution in [0.5, 0.6) is 5.75 Å². The fourth-order valence-corrected chi connectivity index (χ4v) is 3.80. The Morgan fingerprint density at radius 2 is 1.82 bits per heavy atom. The molecule has 1 aliphatic heterocycles. The zero-order chi connectivity index (χ0) is 19.8. The van der Waals surface area contributed by atoms with E-state index in [1.165, 1.54) is 36.3 Å². The lowest BCUT2D eigenvalue weighted by Crippen LogP contribution is -2.33. The van der Waals surface area contributed by atoms with Crippen LogP contribution in [0, 0.1) is 11.7 Å². The lowest BCUT2D eigenvalue weighted by atomic mass is 9.77. The Kier molecular flexibility index (Phi) is 4.63. The van der Waals surface area contributed by atoms with Crippen molar-refractivity contribution in [2.75, 3.05) is 12.0 Å². The van der Waals surface area contributed by atoms with Gasteiger partial charge in [-0.15, -0.1) is 0 Å². The van der Waals surface area contributed by atoms with Crippen molar-refractivity contribution in [3.05, 3.63) is 71.2 Å². The van der Waals surface area contributed by atoms with E-state index >= 15 is 0 Å². The minimum Gasteiger partial charge on any atom is -0.503 e. The normalized spacial score (nSPS) is 19.7. The summed E-state index contributed by atoms with van der Waals surface area (Å²) in [7, 11) is 1.51. The summed E-state index contributed by atoms with van der Waals surface area (Å²) in [4.78, 5) is 27.4. The molecule has 0 aromatic heterocycles. The second-order valence-electron chi connectivity index (χ2n) is 7.05. The minimum absolute atomic E-state index is 0.0866. The molecule has 4 rings (SSSR count). The molecule has 0 spiro atoms. The molecule has 0 radical (unpaired) electrons. The highest BCUT2D eigenvalue weighted by molar-refractivity contribution is 6.17. The maximum Gasteiger partial charge on any atom is 0.294 e. The van der Waals surface area contributed by atoms with Gasteiger partial charge in [0.2, 0.25) is 0 Å². The molecular weight excluding hydrogens is 361 g/mol. The van der Waals surface area contributed by atoms with Gasteiger partial charge in [0.05, 0.1) is 18.7 Å². The average Bonchev–Trinajstić information content (AvgIpc) is 2.92. The van der Waals surface area contributed by atoms with Gasteiger partial charge in [-0.2, -0.15) is 0 Å². The molecule has 0 saturated heterocycles. The molecule has 1 unspecified atom stereocenters. The van der Waals surface area contributed by atoms with Crippen LogP contribution in [-0.4, -0.2) is 23.9 Å². The maximum atomic E-state index is 13.4. The first-order chi connectivity index (χ1) is 13.5. The molecule has 0 bridgehead atoms. The third-order valence-corrected chi connectivity index (χ3v) is 5.49. The van der Waals surface area contributed by atoms with E-state index in [4.69, 9.17) is 4.74 Å². The average molecular weight is 381 g/mol. The Labute approximate surface area is 162 Å². The maximum absolute atomic E-state index is 13.4. The third-order valence-electron chi connectivity index (χ3n) is 5.49. The molecule has 6 heteroatoms. The Morgan fingerprint density at radius 3 is 2.43 bits per heavy atom. The third kappa shape index (κ3) is 2.85. The molecule has 1 fully saturated rings. The molecule has 28 heavy (non-hydrogen) atoms. The summed E-state index contributed by atoms with van der Waals surface area (Å²) in [5, 5.41) is 10.6.